The Morgan fingerprint density at radius 2 is 1.96 bits per heavy atom. The normalized spacial score (nSPS) is 15.4. The minimum absolute atomic E-state index is 0.0659. The van der Waals surface area contributed by atoms with E-state index in [0.717, 1.165) is 24.3 Å². The Hall–Kier alpha value is -2.47. The zero-order chi connectivity index (χ0) is 16.8. The maximum Gasteiger partial charge on any atom is 0.223 e. The number of rotatable bonds is 7. The Kier molecular flexibility index (Phi) is 5.38. The van der Waals surface area contributed by atoms with Gasteiger partial charge in [0.1, 0.15) is 5.82 Å². The fourth-order valence-electron chi connectivity index (χ4n) is 2.61. The van der Waals surface area contributed by atoms with E-state index in [9.17, 15) is 4.79 Å². The molecule has 3 rings (SSSR count). The van der Waals surface area contributed by atoms with E-state index in [2.05, 4.69) is 26.1 Å². The van der Waals surface area contributed by atoms with Gasteiger partial charge in [-0.1, -0.05) is 37.3 Å². The highest BCUT2D eigenvalue weighted by atomic mass is 16.1. The zero-order valence-corrected chi connectivity index (χ0v) is 13.8. The summed E-state index contributed by atoms with van der Waals surface area (Å²) in [6.07, 6.45) is 0. The highest BCUT2D eigenvalue weighted by Gasteiger charge is 2.28. The fraction of sp³-hybridized carbons (Fsp3) is 0.389. The van der Waals surface area contributed by atoms with E-state index in [-0.39, 0.29) is 11.8 Å². The van der Waals surface area contributed by atoms with E-state index in [1.54, 1.807) is 0 Å². The molecule has 1 aromatic carbocycles. The van der Waals surface area contributed by atoms with Crippen molar-refractivity contribution in [1.29, 1.82) is 0 Å². The molecule has 1 saturated heterocycles. The first-order chi connectivity index (χ1) is 11.7. The number of carbonyl (C=O) groups is 1. The van der Waals surface area contributed by atoms with Crippen molar-refractivity contribution in [2.45, 2.75) is 6.92 Å². The van der Waals surface area contributed by atoms with Gasteiger partial charge in [-0.25, -0.2) is 0 Å². The molecule has 3 N–H and O–H groups in total. The Balaban J connectivity index is 1.41. The average Bonchev–Trinajstić information content (AvgIpc) is 2.58. The van der Waals surface area contributed by atoms with Crippen LogP contribution in [0.15, 0.2) is 42.5 Å². The van der Waals surface area contributed by atoms with Gasteiger partial charge in [0, 0.05) is 24.6 Å². The second-order valence-electron chi connectivity index (χ2n) is 6.09. The van der Waals surface area contributed by atoms with Gasteiger partial charge in [-0.15, -0.1) is 10.2 Å². The molecule has 126 valence electrons. The molecule has 1 aromatic heterocycles. The number of carbonyl (C=O) groups excluding carboxylic acids is 1. The van der Waals surface area contributed by atoms with Gasteiger partial charge >= 0.3 is 0 Å². The minimum Gasteiger partial charge on any atom is -0.367 e. The van der Waals surface area contributed by atoms with Gasteiger partial charge in [-0.05, 0) is 31.1 Å². The topological polar surface area (TPSA) is 78.9 Å². The lowest BCUT2D eigenvalue weighted by Gasteiger charge is -2.31. The third kappa shape index (κ3) is 4.08. The number of nitrogens with zero attached hydrogens (tertiary/aromatic N) is 2. The van der Waals surface area contributed by atoms with Crippen molar-refractivity contribution in [3.8, 4) is 11.3 Å². The summed E-state index contributed by atoms with van der Waals surface area (Å²) < 4.78 is 0. The van der Waals surface area contributed by atoms with Gasteiger partial charge in [0.2, 0.25) is 5.91 Å². The molecule has 1 unspecified atom stereocenters. The van der Waals surface area contributed by atoms with Crippen LogP contribution >= 0.6 is 0 Å². The predicted molar refractivity (Wildman–Crippen MR) is 94.5 cm³/mol. The molecule has 0 bridgehead atoms. The minimum atomic E-state index is 0.0659. The summed E-state index contributed by atoms with van der Waals surface area (Å²) in [5.74, 6) is 1.36. The summed E-state index contributed by atoms with van der Waals surface area (Å²) in [5, 5.41) is 17.7. The van der Waals surface area contributed by atoms with Crippen molar-refractivity contribution in [3.05, 3.63) is 42.5 Å². The van der Waals surface area contributed by atoms with E-state index in [1.807, 2.05) is 49.4 Å². The quantitative estimate of drug-likeness (QED) is 0.673. The van der Waals surface area contributed by atoms with Crippen molar-refractivity contribution in [1.82, 2.24) is 20.8 Å². The molecule has 6 heteroatoms. The summed E-state index contributed by atoms with van der Waals surface area (Å²) in [7, 11) is 0. The standard InChI is InChI=1S/C18H23N5O/c1-13(15-11-19-12-15)18(24)21-10-9-20-17-8-7-16(22-23-17)14-5-3-2-4-6-14/h2-8,13,15,19H,9-12H2,1H3,(H,20,23)(H,21,24). The van der Waals surface area contributed by atoms with E-state index in [4.69, 9.17) is 0 Å². The van der Waals surface area contributed by atoms with Crippen LogP contribution in [0.1, 0.15) is 6.92 Å². The summed E-state index contributed by atoms with van der Waals surface area (Å²) in [5.41, 5.74) is 1.89. The number of amides is 1. The Morgan fingerprint density at radius 1 is 1.17 bits per heavy atom. The van der Waals surface area contributed by atoms with Crippen LogP contribution in [0, 0.1) is 11.8 Å². The van der Waals surface area contributed by atoms with E-state index >= 15 is 0 Å². The molecule has 0 radical (unpaired) electrons. The summed E-state index contributed by atoms with van der Waals surface area (Å²) in [4.78, 5) is 12.0. The van der Waals surface area contributed by atoms with Gasteiger partial charge in [0.25, 0.3) is 0 Å². The molecule has 2 heterocycles. The molecular formula is C18H23N5O. The number of hydrogen-bond acceptors (Lipinski definition) is 5. The molecule has 24 heavy (non-hydrogen) atoms. The molecule has 1 atom stereocenters. The SMILES string of the molecule is CC(C(=O)NCCNc1ccc(-c2ccccc2)nn1)C1CNC1. The summed E-state index contributed by atoms with van der Waals surface area (Å²) >= 11 is 0. The predicted octanol–water partition coefficient (Wildman–Crippen LogP) is 1.53. The third-order valence-corrected chi connectivity index (χ3v) is 4.40. The molecule has 2 aromatic rings. The lowest BCUT2D eigenvalue weighted by molar-refractivity contribution is -0.126. The number of nitrogens with one attached hydrogen (secondary N) is 3. The second kappa shape index (κ2) is 7.88. The number of anilines is 1. The van der Waals surface area contributed by atoms with Crippen molar-refractivity contribution in [2.75, 3.05) is 31.5 Å². The Morgan fingerprint density at radius 3 is 2.58 bits per heavy atom. The Labute approximate surface area is 142 Å². The van der Waals surface area contributed by atoms with Crippen LogP contribution in [-0.4, -0.2) is 42.3 Å². The molecule has 1 fully saturated rings. The third-order valence-electron chi connectivity index (χ3n) is 4.40. The lowest BCUT2D eigenvalue weighted by Crippen LogP contribution is -2.50. The second-order valence-corrected chi connectivity index (χ2v) is 6.09. The first kappa shape index (κ1) is 16.4. The lowest BCUT2D eigenvalue weighted by atomic mass is 9.88. The largest absolute Gasteiger partial charge is 0.367 e. The van der Waals surface area contributed by atoms with Crippen molar-refractivity contribution < 1.29 is 4.79 Å². The van der Waals surface area contributed by atoms with Crippen LogP contribution in [0.4, 0.5) is 5.82 Å². The highest BCUT2D eigenvalue weighted by molar-refractivity contribution is 5.78. The van der Waals surface area contributed by atoms with Crippen LogP contribution in [-0.2, 0) is 4.79 Å². The maximum absolute atomic E-state index is 12.0. The zero-order valence-electron chi connectivity index (χ0n) is 13.8. The molecule has 0 spiro atoms. The number of benzene rings is 1. The van der Waals surface area contributed by atoms with Gasteiger partial charge in [-0.3, -0.25) is 4.79 Å². The molecule has 6 nitrogen and oxygen atoms in total. The van der Waals surface area contributed by atoms with Crippen LogP contribution in [0.2, 0.25) is 0 Å². The van der Waals surface area contributed by atoms with Crippen molar-refractivity contribution in [2.24, 2.45) is 11.8 Å². The van der Waals surface area contributed by atoms with Crippen LogP contribution in [0.5, 0.6) is 0 Å². The van der Waals surface area contributed by atoms with Gasteiger partial charge in [-0.2, -0.15) is 0 Å². The fourth-order valence-corrected chi connectivity index (χ4v) is 2.61. The molecular weight excluding hydrogens is 302 g/mol. The van der Waals surface area contributed by atoms with Gasteiger partial charge in [0.05, 0.1) is 5.69 Å². The Bertz CT molecular complexity index is 655. The summed E-state index contributed by atoms with van der Waals surface area (Å²) in [6, 6.07) is 13.8. The van der Waals surface area contributed by atoms with Crippen molar-refractivity contribution in [3.63, 3.8) is 0 Å². The molecule has 0 aliphatic carbocycles. The average molecular weight is 325 g/mol. The smallest absolute Gasteiger partial charge is 0.223 e. The number of aromatic nitrogens is 2. The monoisotopic (exact) mass is 325 g/mol. The van der Waals surface area contributed by atoms with E-state index in [0.29, 0.717) is 24.8 Å². The van der Waals surface area contributed by atoms with Crippen LogP contribution in [0.25, 0.3) is 11.3 Å². The first-order valence-electron chi connectivity index (χ1n) is 8.35. The van der Waals surface area contributed by atoms with E-state index in [1.165, 1.54) is 0 Å². The van der Waals surface area contributed by atoms with Crippen LogP contribution in [0.3, 0.4) is 0 Å². The molecule has 1 amide bonds. The van der Waals surface area contributed by atoms with Gasteiger partial charge < -0.3 is 16.0 Å². The molecule has 0 saturated carbocycles. The first-order valence-corrected chi connectivity index (χ1v) is 8.35. The van der Waals surface area contributed by atoms with E-state index < -0.39 is 0 Å². The molecule has 1 aliphatic heterocycles. The van der Waals surface area contributed by atoms with Gasteiger partial charge in [0.15, 0.2) is 0 Å². The molecule has 1 aliphatic rings. The highest BCUT2D eigenvalue weighted by Crippen LogP contribution is 2.16. The van der Waals surface area contributed by atoms with Crippen molar-refractivity contribution >= 4 is 11.7 Å². The number of hydrogen-bond donors (Lipinski definition) is 3. The van der Waals surface area contributed by atoms with Crippen LogP contribution < -0.4 is 16.0 Å². The maximum atomic E-state index is 12.0. The summed E-state index contributed by atoms with van der Waals surface area (Å²) in [6.45, 7) is 5.07.